The maximum Gasteiger partial charge on any atom is 0.259 e. The highest BCUT2D eigenvalue weighted by molar-refractivity contribution is 6.00. The summed E-state index contributed by atoms with van der Waals surface area (Å²) in [4.78, 5) is 25.5. The van der Waals surface area contributed by atoms with Crippen LogP contribution < -0.4 is 14.8 Å². The van der Waals surface area contributed by atoms with E-state index in [9.17, 15) is 9.59 Å². The van der Waals surface area contributed by atoms with Gasteiger partial charge in [0.15, 0.2) is 0 Å². The molecule has 1 aromatic rings. The van der Waals surface area contributed by atoms with Gasteiger partial charge in [-0.3, -0.25) is 9.59 Å². The topological polar surface area (TPSA) is 67.9 Å². The van der Waals surface area contributed by atoms with Gasteiger partial charge in [0.25, 0.3) is 5.91 Å². The number of hydrogen-bond acceptors (Lipinski definition) is 4. The van der Waals surface area contributed by atoms with E-state index in [0.29, 0.717) is 30.2 Å². The molecule has 1 aliphatic heterocycles. The molecule has 0 saturated carbocycles. The Morgan fingerprint density at radius 1 is 1.24 bits per heavy atom. The van der Waals surface area contributed by atoms with Gasteiger partial charge in [-0.25, -0.2) is 0 Å². The zero-order chi connectivity index (χ0) is 15.4. The van der Waals surface area contributed by atoms with Gasteiger partial charge in [0.05, 0.1) is 14.2 Å². The highest BCUT2D eigenvalue weighted by Crippen LogP contribution is 2.28. The molecule has 2 amide bonds. The minimum atomic E-state index is -0.250. The highest BCUT2D eigenvalue weighted by Gasteiger charge is 2.27. The number of nitrogens with zero attached hydrogens (tertiary/aromatic N) is 1. The quantitative estimate of drug-likeness (QED) is 0.901. The summed E-state index contributed by atoms with van der Waals surface area (Å²) in [6.07, 6.45) is 0.753. The molecule has 0 radical (unpaired) electrons. The number of likely N-dealkylation sites (tertiary alicyclic amines) is 1. The summed E-state index contributed by atoms with van der Waals surface area (Å²) in [5.74, 6) is 0.711. The van der Waals surface area contributed by atoms with E-state index in [-0.39, 0.29) is 17.9 Å². The van der Waals surface area contributed by atoms with E-state index in [2.05, 4.69) is 5.32 Å². The molecule has 1 fully saturated rings. The molecule has 0 aromatic heterocycles. The van der Waals surface area contributed by atoms with Crippen molar-refractivity contribution in [2.75, 3.05) is 27.3 Å². The normalized spacial score (nSPS) is 17.5. The van der Waals surface area contributed by atoms with Gasteiger partial charge < -0.3 is 19.7 Å². The Morgan fingerprint density at radius 3 is 2.33 bits per heavy atom. The van der Waals surface area contributed by atoms with E-state index >= 15 is 0 Å². The van der Waals surface area contributed by atoms with Crippen LogP contribution in [-0.2, 0) is 4.79 Å². The van der Waals surface area contributed by atoms with Crippen LogP contribution in [-0.4, -0.2) is 50.1 Å². The lowest BCUT2D eigenvalue weighted by molar-refractivity contribution is -0.127. The first kappa shape index (κ1) is 15.2. The fraction of sp³-hybridized carbons (Fsp3) is 0.467. The molecule has 1 unspecified atom stereocenters. The van der Waals surface area contributed by atoms with Crippen LogP contribution in [0.1, 0.15) is 23.7 Å². The van der Waals surface area contributed by atoms with E-state index < -0.39 is 0 Å². The lowest BCUT2D eigenvalue weighted by Gasteiger charge is -2.17. The Labute approximate surface area is 124 Å². The third-order valence-electron chi connectivity index (χ3n) is 3.62. The second-order valence-electron chi connectivity index (χ2n) is 4.96. The van der Waals surface area contributed by atoms with Gasteiger partial charge in [0, 0.05) is 26.1 Å². The second kappa shape index (κ2) is 6.47. The van der Waals surface area contributed by atoms with Crippen molar-refractivity contribution < 1.29 is 19.1 Å². The van der Waals surface area contributed by atoms with Gasteiger partial charge in [0.2, 0.25) is 5.91 Å². The number of benzene rings is 1. The van der Waals surface area contributed by atoms with Crippen molar-refractivity contribution in [2.24, 2.45) is 0 Å². The van der Waals surface area contributed by atoms with E-state index in [4.69, 9.17) is 9.47 Å². The number of carbonyl (C=O) groups is 2. The monoisotopic (exact) mass is 292 g/mol. The van der Waals surface area contributed by atoms with Crippen molar-refractivity contribution in [3.63, 3.8) is 0 Å². The van der Waals surface area contributed by atoms with Crippen LogP contribution in [0, 0.1) is 0 Å². The first-order valence-electron chi connectivity index (χ1n) is 6.84. The summed E-state index contributed by atoms with van der Waals surface area (Å²) in [6, 6.07) is 5.15. The molecule has 0 spiro atoms. The Morgan fingerprint density at radius 2 is 1.86 bits per heavy atom. The number of nitrogens with one attached hydrogen (secondary N) is 1. The minimum Gasteiger partial charge on any atom is -0.496 e. The molecule has 0 bridgehead atoms. The van der Waals surface area contributed by atoms with Crippen LogP contribution in [0.25, 0.3) is 0 Å². The summed E-state index contributed by atoms with van der Waals surface area (Å²) < 4.78 is 10.5. The molecule has 114 valence electrons. The molecule has 1 atom stereocenters. The SMILES string of the molecule is COc1cccc(OC)c1C(=O)NC1CCN(C(C)=O)C1. The molecule has 6 heteroatoms. The third-order valence-corrected chi connectivity index (χ3v) is 3.62. The van der Waals surface area contributed by atoms with Gasteiger partial charge in [-0.2, -0.15) is 0 Å². The van der Waals surface area contributed by atoms with Gasteiger partial charge in [-0.05, 0) is 18.6 Å². The first-order valence-corrected chi connectivity index (χ1v) is 6.84. The second-order valence-corrected chi connectivity index (χ2v) is 4.96. The molecule has 6 nitrogen and oxygen atoms in total. The number of ether oxygens (including phenoxy) is 2. The Kier molecular flexibility index (Phi) is 4.67. The van der Waals surface area contributed by atoms with Crippen LogP contribution in [0.2, 0.25) is 0 Å². The van der Waals surface area contributed by atoms with Crippen molar-refractivity contribution in [3.05, 3.63) is 23.8 Å². The lowest BCUT2D eigenvalue weighted by Crippen LogP contribution is -2.38. The van der Waals surface area contributed by atoms with Crippen LogP contribution >= 0.6 is 0 Å². The zero-order valence-corrected chi connectivity index (χ0v) is 12.5. The van der Waals surface area contributed by atoms with Crippen molar-refractivity contribution >= 4 is 11.8 Å². The molecule has 1 heterocycles. The Hall–Kier alpha value is -2.24. The minimum absolute atomic E-state index is 0.0293. The number of carbonyl (C=O) groups excluding carboxylic acids is 2. The fourth-order valence-corrected chi connectivity index (χ4v) is 2.50. The zero-order valence-electron chi connectivity index (χ0n) is 12.5. The fourth-order valence-electron chi connectivity index (χ4n) is 2.50. The molecule has 1 N–H and O–H groups in total. The summed E-state index contributed by atoms with van der Waals surface area (Å²) in [7, 11) is 3.03. The number of amides is 2. The largest absolute Gasteiger partial charge is 0.496 e. The van der Waals surface area contributed by atoms with Crippen LogP contribution in [0.4, 0.5) is 0 Å². The number of hydrogen-bond donors (Lipinski definition) is 1. The number of rotatable bonds is 4. The molecule has 2 rings (SSSR count). The Balaban J connectivity index is 2.12. The average Bonchev–Trinajstić information content (AvgIpc) is 2.94. The third kappa shape index (κ3) is 3.26. The maximum absolute atomic E-state index is 12.5. The van der Waals surface area contributed by atoms with Crippen LogP contribution in [0.5, 0.6) is 11.5 Å². The predicted octanol–water partition coefficient (Wildman–Crippen LogP) is 1.05. The van der Waals surface area contributed by atoms with E-state index in [1.165, 1.54) is 21.1 Å². The predicted molar refractivity (Wildman–Crippen MR) is 77.7 cm³/mol. The number of methoxy groups -OCH3 is 2. The summed E-state index contributed by atoms with van der Waals surface area (Å²) >= 11 is 0. The Bertz CT molecular complexity index is 522. The van der Waals surface area contributed by atoms with Crippen molar-refractivity contribution in [3.8, 4) is 11.5 Å². The molecule has 1 aliphatic rings. The molecular weight excluding hydrogens is 272 g/mol. The molecule has 1 saturated heterocycles. The molecule has 1 aromatic carbocycles. The molecular formula is C15H20N2O4. The van der Waals surface area contributed by atoms with Gasteiger partial charge in [-0.1, -0.05) is 6.07 Å². The molecule has 21 heavy (non-hydrogen) atoms. The van der Waals surface area contributed by atoms with Crippen LogP contribution in [0.15, 0.2) is 18.2 Å². The van der Waals surface area contributed by atoms with E-state index in [1.54, 1.807) is 23.1 Å². The van der Waals surface area contributed by atoms with Crippen molar-refractivity contribution in [1.29, 1.82) is 0 Å². The summed E-state index contributed by atoms with van der Waals surface area (Å²) in [5, 5.41) is 2.94. The maximum atomic E-state index is 12.5. The molecule has 0 aliphatic carbocycles. The van der Waals surface area contributed by atoms with E-state index in [1.807, 2.05) is 0 Å². The standard InChI is InChI=1S/C15H20N2O4/c1-10(18)17-8-7-11(9-17)16-15(19)14-12(20-2)5-4-6-13(14)21-3/h4-6,11H,7-9H2,1-3H3,(H,16,19). The summed E-state index contributed by atoms with van der Waals surface area (Å²) in [5.41, 5.74) is 0.378. The van der Waals surface area contributed by atoms with Gasteiger partial charge in [-0.15, -0.1) is 0 Å². The van der Waals surface area contributed by atoms with Crippen molar-refractivity contribution in [2.45, 2.75) is 19.4 Å². The van der Waals surface area contributed by atoms with Gasteiger partial charge in [0.1, 0.15) is 17.1 Å². The first-order chi connectivity index (χ1) is 10.1. The van der Waals surface area contributed by atoms with Crippen LogP contribution in [0.3, 0.4) is 0 Å². The summed E-state index contributed by atoms with van der Waals surface area (Å²) in [6.45, 7) is 2.75. The average molecular weight is 292 g/mol. The smallest absolute Gasteiger partial charge is 0.259 e. The van der Waals surface area contributed by atoms with Gasteiger partial charge >= 0.3 is 0 Å². The van der Waals surface area contributed by atoms with E-state index in [0.717, 1.165) is 6.42 Å². The van der Waals surface area contributed by atoms with Crippen molar-refractivity contribution in [1.82, 2.24) is 10.2 Å². The lowest BCUT2D eigenvalue weighted by atomic mass is 10.1. The highest BCUT2D eigenvalue weighted by atomic mass is 16.5.